The van der Waals surface area contributed by atoms with Gasteiger partial charge >= 0.3 is 6.03 Å². The number of anilines is 2. The van der Waals surface area contributed by atoms with Crippen molar-refractivity contribution >= 4 is 23.3 Å². The number of rotatable bonds is 7. The highest BCUT2D eigenvalue weighted by Gasteiger charge is 2.23. The molecule has 0 heterocycles. The van der Waals surface area contributed by atoms with Crippen LogP contribution < -0.4 is 21.3 Å². The minimum Gasteiger partial charge on any atom is -0.335 e. The van der Waals surface area contributed by atoms with Crippen LogP contribution in [0.3, 0.4) is 0 Å². The quantitative estimate of drug-likeness (QED) is 0.579. The minimum absolute atomic E-state index is 0.00237. The second-order valence-electron chi connectivity index (χ2n) is 5.21. The van der Waals surface area contributed by atoms with Gasteiger partial charge in [0.25, 0.3) is 0 Å². The standard InChI is InChI=1S/C15H22N4O2/c1-16-10-2-3-14(20)17-11-4-6-12(7-5-11)18-15(21)19-13-8-9-13/h4-7,13,16H,2-3,8-10H2,1H3,(H,17,20)(H2,18,19,21). The van der Waals surface area contributed by atoms with Crippen molar-refractivity contribution < 1.29 is 9.59 Å². The molecule has 6 nitrogen and oxygen atoms in total. The number of amides is 3. The molecule has 1 aliphatic rings. The van der Waals surface area contributed by atoms with E-state index in [1.807, 2.05) is 7.05 Å². The molecule has 3 amide bonds. The summed E-state index contributed by atoms with van der Waals surface area (Å²) in [6, 6.07) is 7.26. The number of carbonyl (C=O) groups is 2. The minimum atomic E-state index is -0.179. The van der Waals surface area contributed by atoms with Crippen molar-refractivity contribution in [3.63, 3.8) is 0 Å². The molecule has 1 aliphatic carbocycles. The lowest BCUT2D eigenvalue weighted by Crippen LogP contribution is -2.30. The molecule has 4 N–H and O–H groups in total. The molecule has 0 spiro atoms. The van der Waals surface area contributed by atoms with E-state index in [1.165, 1.54) is 0 Å². The molecule has 0 unspecified atom stereocenters. The number of carbonyl (C=O) groups excluding carboxylic acids is 2. The van der Waals surface area contributed by atoms with E-state index in [2.05, 4.69) is 21.3 Å². The van der Waals surface area contributed by atoms with Gasteiger partial charge in [-0.3, -0.25) is 4.79 Å². The molecule has 114 valence electrons. The molecule has 0 saturated heterocycles. The third-order valence-electron chi connectivity index (χ3n) is 3.17. The molecule has 1 aromatic carbocycles. The Morgan fingerprint density at radius 2 is 1.71 bits per heavy atom. The van der Waals surface area contributed by atoms with Crippen LogP contribution in [-0.2, 0) is 4.79 Å². The monoisotopic (exact) mass is 290 g/mol. The van der Waals surface area contributed by atoms with Gasteiger partial charge in [-0.15, -0.1) is 0 Å². The lowest BCUT2D eigenvalue weighted by atomic mass is 10.2. The molecule has 1 saturated carbocycles. The largest absolute Gasteiger partial charge is 0.335 e. The van der Waals surface area contributed by atoms with Gasteiger partial charge < -0.3 is 21.3 Å². The Morgan fingerprint density at radius 3 is 2.29 bits per heavy atom. The highest BCUT2D eigenvalue weighted by Crippen LogP contribution is 2.19. The van der Waals surface area contributed by atoms with E-state index in [4.69, 9.17) is 0 Å². The van der Waals surface area contributed by atoms with E-state index >= 15 is 0 Å². The summed E-state index contributed by atoms with van der Waals surface area (Å²) in [7, 11) is 1.86. The Kier molecular flexibility index (Phi) is 5.57. The summed E-state index contributed by atoms with van der Waals surface area (Å²) in [6.07, 6.45) is 3.42. The summed E-state index contributed by atoms with van der Waals surface area (Å²) in [5.74, 6) is -0.00237. The fraction of sp³-hybridized carbons (Fsp3) is 0.467. The van der Waals surface area contributed by atoms with E-state index in [-0.39, 0.29) is 11.9 Å². The van der Waals surface area contributed by atoms with Gasteiger partial charge in [0.1, 0.15) is 0 Å². The fourth-order valence-corrected chi connectivity index (χ4v) is 1.87. The first-order chi connectivity index (χ1) is 10.2. The van der Waals surface area contributed by atoms with Gasteiger partial charge in [-0.25, -0.2) is 4.79 Å². The van der Waals surface area contributed by atoms with E-state index in [9.17, 15) is 9.59 Å². The molecule has 21 heavy (non-hydrogen) atoms. The number of urea groups is 1. The predicted molar refractivity (Wildman–Crippen MR) is 83.4 cm³/mol. The molecular weight excluding hydrogens is 268 g/mol. The lowest BCUT2D eigenvalue weighted by Gasteiger charge is -2.08. The van der Waals surface area contributed by atoms with Gasteiger partial charge in [-0.2, -0.15) is 0 Å². The van der Waals surface area contributed by atoms with Crippen LogP contribution in [0.4, 0.5) is 16.2 Å². The Hall–Kier alpha value is -2.08. The average molecular weight is 290 g/mol. The van der Waals surface area contributed by atoms with Crippen LogP contribution in [-0.4, -0.2) is 31.6 Å². The summed E-state index contributed by atoms with van der Waals surface area (Å²) in [5.41, 5.74) is 1.44. The van der Waals surface area contributed by atoms with Crippen LogP contribution in [0.2, 0.25) is 0 Å². The maximum absolute atomic E-state index is 11.7. The SMILES string of the molecule is CNCCCC(=O)Nc1ccc(NC(=O)NC2CC2)cc1. The second kappa shape index (κ2) is 7.64. The van der Waals surface area contributed by atoms with Crippen LogP contribution in [0.5, 0.6) is 0 Å². The molecule has 1 fully saturated rings. The molecule has 1 aromatic rings. The summed E-state index contributed by atoms with van der Waals surface area (Å²) in [6.45, 7) is 0.826. The van der Waals surface area contributed by atoms with Crippen molar-refractivity contribution in [2.75, 3.05) is 24.2 Å². The molecule has 0 radical (unpaired) electrons. The van der Waals surface area contributed by atoms with Crippen molar-refractivity contribution in [2.45, 2.75) is 31.7 Å². The molecule has 0 atom stereocenters. The van der Waals surface area contributed by atoms with E-state index in [1.54, 1.807) is 24.3 Å². The Labute approximate surface area is 124 Å². The Balaban J connectivity index is 1.75. The van der Waals surface area contributed by atoms with Crippen molar-refractivity contribution in [2.24, 2.45) is 0 Å². The van der Waals surface area contributed by atoms with Crippen molar-refractivity contribution in [3.8, 4) is 0 Å². The summed E-state index contributed by atoms with van der Waals surface area (Å²) < 4.78 is 0. The van der Waals surface area contributed by atoms with Crippen molar-refractivity contribution in [1.29, 1.82) is 0 Å². The topological polar surface area (TPSA) is 82.3 Å². The zero-order valence-corrected chi connectivity index (χ0v) is 12.2. The average Bonchev–Trinajstić information content (AvgIpc) is 3.25. The summed E-state index contributed by atoms with van der Waals surface area (Å²) in [5, 5.41) is 11.4. The zero-order valence-electron chi connectivity index (χ0n) is 12.2. The summed E-state index contributed by atoms with van der Waals surface area (Å²) in [4.78, 5) is 23.2. The number of nitrogens with one attached hydrogen (secondary N) is 4. The third kappa shape index (κ3) is 5.83. The van der Waals surface area contributed by atoms with Crippen LogP contribution in [0.1, 0.15) is 25.7 Å². The van der Waals surface area contributed by atoms with E-state index in [0.717, 1.165) is 31.5 Å². The maximum atomic E-state index is 11.7. The summed E-state index contributed by atoms with van der Waals surface area (Å²) >= 11 is 0. The molecular formula is C15H22N4O2. The molecule has 0 aliphatic heterocycles. The fourth-order valence-electron chi connectivity index (χ4n) is 1.87. The molecule has 0 aromatic heterocycles. The third-order valence-corrected chi connectivity index (χ3v) is 3.17. The second-order valence-corrected chi connectivity index (χ2v) is 5.21. The van der Waals surface area contributed by atoms with E-state index < -0.39 is 0 Å². The highest BCUT2D eigenvalue weighted by atomic mass is 16.2. The van der Waals surface area contributed by atoms with Gasteiger partial charge in [0, 0.05) is 23.8 Å². The smallest absolute Gasteiger partial charge is 0.319 e. The van der Waals surface area contributed by atoms with Gasteiger partial charge in [0.2, 0.25) is 5.91 Å². The van der Waals surface area contributed by atoms with E-state index in [0.29, 0.717) is 18.2 Å². The first-order valence-corrected chi connectivity index (χ1v) is 7.29. The number of hydrogen-bond donors (Lipinski definition) is 4. The van der Waals surface area contributed by atoms with Crippen LogP contribution in [0, 0.1) is 0 Å². The maximum Gasteiger partial charge on any atom is 0.319 e. The zero-order chi connectivity index (χ0) is 15.1. The van der Waals surface area contributed by atoms with Gasteiger partial charge in [0.05, 0.1) is 0 Å². The number of benzene rings is 1. The predicted octanol–water partition coefficient (Wildman–Crippen LogP) is 1.91. The first-order valence-electron chi connectivity index (χ1n) is 7.29. The lowest BCUT2D eigenvalue weighted by molar-refractivity contribution is -0.116. The highest BCUT2D eigenvalue weighted by molar-refractivity contribution is 5.92. The van der Waals surface area contributed by atoms with Gasteiger partial charge in [0.15, 0.2) is 0 Å². The van der Waals surface area contributed by atoms with Crippen molar-refractivity contribution in [1.82, 2.24) is 10.6 Å². The van der Waals surface area contributed by atoms with Crippen LogP contribution in [0.15, 0.2) is 24.3 Å². The Morgan fingerprint density at radius 1 is 1.10 bits per heavy atom. The van der Waals surface area contributed by atoms with Crippen LogP contribution in [0.25, 0.3) is 0 Å². The normalized spacial score (nSPS) is 13.6. The molecule has 0 bridgehead atoms. The van der Waals surface area contributed by atoms with Crippen LogP contribution >= 0.6 is 0 Å². The molecule has 6 heteroatoms. The number of hydrogen-bond acceptors (Lipinski definition) is 3. The van der Waals surface area contributed by atoms with Gasteiger partial charge in [-0.1, -0.05) is 0 Å². The Bertz CT molecular complexity index is 483. The van der Waals surface area contributed by atoms with Gasteiger partial charge in [-0.05, 0) is 57.1 Å². The van der Waals surface area contributed by atoms with Crippen molar-refractivity contribution in [3.05, 3.63) is 24.3 Å². The molecule has 2 rings (SSSR count). The first kappa shape index (κ1) is 15.3.